The Balaban J connectivity index is 1.71. The summed E-state index contributed by atoms with van der Waals surface area (Å²) in [6, 6.07) is 11.5. The van der Waals surface area contributed by atoms with Crippen LogP contribution in [0.4, 0.5) is 11.4 Å². The Bertz CT molecular complexity index is 3060. The Labute approximate surface area is 315 Å². The van der Waals surface area contributed by atoms with E-state index in [1.54, 1.807) is 0 Å². The van der Waals surface area contributed by atoms with Gasteiger partial charge in [0.25, 0.3) is 72.5 Å². The summed E-state index contributed by atoms with van der Waals surface area (Å²) < 4.78 is 209. The van der Waals surface area contributed by atoms with Gasteiger partial charge in [0.15, 0.2) is 0 Å². The molecule has 0 heterocycles. The van der Waals surface area contributed by atoms with Gasteiger partial charge in [0.05, 0.1) is 11.4 Å². The van der Waals surface area contributed by atoms with Gasteiger partial charge in [-0.1, -0.05) is 54.6 Å². The molecule has 0 saturated heterocycles. The van der Waals surface area contributed by atoms with Crippen molar-refractivity contribution in [3.05, 3.63) is 83.9 Å². The van der Waals surface area contributed by atoms with Crippen molar-refractivity contribution in [2.45, 2.75) is 29.4 Å². The van der Waals surface area contributed by atoms with Crippen molar-refractivity contribution in [2.75, 3.05) is 10.6 Å². The van der Waals surface area contributed by atoms with Gasteiger partial charge in [0.2, 0.25) is 0 Å². The molecule has 28 heteroatoms. The highest BCUT2D eigenvalue weighted by atomic mass is 32.2. The Morgan fingerprint density at radius 2 is 0.625 bits per heavy atom. The highest BCUT2D eigenvalue weighted by Crippen LogP contribution is 2.44. The van der Waals surface area contributed by atoms with Gasteiger partial charge in [-0.05, 0) is 18.2 Å². The molecule has 0 aromatic heterocycles. The molecule has 0 bridgehead atoms. The van der Waals surface area contributed by atoms with E-state index in [2.05, 4.69) is 0 Å². The number of hydrogen-bond donors (Lipinski definition) is 8. The number of carbonyl (C=O) groups excluding carboxylic acids is 2. The number of hydrogen-bond acceptors (Lipinski definition) is 14. The van der Waals surface area contributed by atoms with Crippen LogP contribution in [0.25, 0.3) is 21.5 Å². The molecule has 56 heavy (non-hydrogen) atoms. The van der Waals surface area contributed by atoms with E-state index in [1.807, 2.05) is 10.6 Å². The molecule has 0 atom stereocenters. The largest absolute Gasteiger partial charge is 0.320 e. The number of amides is 2. The average Bonchev–Trinajstić information content (AvgIpc) is 3.04. The third kappa shape index (κ3) is 7.98. The lowest BCUT2D eigenvalue weighted by atomic mass is 10.1. The Kier molecular flexibility index (Phi) is 10.5. The van der Waals surface area contributed by atoms with Crippen LogP contribution in [0.2, 0.25) is 0 Å². The van der Waals surface area contributed by atoms with Gasteiger partial charge in [-0.2, -0.15) is 50.5 Å². The number of nitrogens with one attached hydrogen (secondary N) is 2. The van der Waals surface area contributed by atoms with Gasteiger partial charge in [0.1, 0.15) is 29.4 Å². The zero-order valence-corrected chi connectivity index (χ0v) is 31.7. The molecule has 0 unspecified atom stereocenters. The molecule has 2 amide bonds. The molecule has 298 valence electrons. The van der Waals surface area contributed by atoms with Crippen molar-refractivity contribution in [3.8, 4) is 0 Å². The Hall–Kier alpha value is -4.98. The molecule has 0 spiro atoms. The van der Waals surface area contributed by atoms with Crippen LogP contribution in [0.5, 0.6) is 0 Å². The minimum Gasteiger partial charge on any atom is -0.320 e. The van der Waals surface area contributed by atoms with E-state index >= 15 is 0 Å². The van der Waals surface area contributed by atoms with Crippen LogP contribution < -0.4 is 10.6 Å². The molecule has 5 aromatic carbocycles. The second-order valence-electron chi connectivity index (χ2n) is 11.2. The van der Waals surface area contributed by atoms with Crippen LogP contribution in [-0.2, 0) is 60.7 Å². The van der Waals surface area contributed by atoms with Gasteiger partial charge in [-0.15, -0.1) is 0 Å². The predicted molar refractivity (Wildman–Crippen MR) is 189 cm³/mol. The van der Waals surface area contributed by atoms with Crippen LogP contribution in [0.15, 0.2) is 102 Å². The average molecular weight is 897 g/mol. The second-order valence-corrected chi connectivity index (χ2v) is 19.3. The molecule has 5 aromatic rings. The smallest absolute Gasteiger partial charge is 0.298 e. The minimum atomic E-state index is -5.99. The van der Waals surface area contributed by atoms with Crippen molar-refractivity contribution < 1.29 is 87.4 Å². The van der Waals surface area contributed by atoms with Gasteiger partial charge in [0, 0.05) is 32.7 Å². The predicted octanol–water partition coefficient (Wildman–Crippen LogP) is 1.98. The summed E-state index contributed by atoms with van der Waals surface area (Å²) in [7, 11) is -35.3. The van der Waals surface area contributed by atoms with Crippen molar-refractivity contribution in [1.82, 2.24) is 0 Å². The summed E-state index contributed by atoms with van der Waals surface area (Å²) in [4.78, 5) is 15.8. The van der Waals surface area contributed by atoms with Crippen LogP contribution in [0, 0.1) is 0 Å². The van der Waals surface area contributed by atoms with E-state index < -0.39 is 146 Å². The second kappa shape index (κ2) is 13.9. The third-order valence-electron chi connectivity index (χ3n) is 7.57. The number of benzene rings is 5. The standard InChI is InChI=1S/C28H20N2O20S6/c31-27(29-19-15-8-1-3-10-17(15)21(51(33,34)35)25(55(45,46)47)23(19)53(39,40)41)13-6-5-7-14(12-13)28(32)30-20-16-9-2-4-11-18(16)22(52(36,37)38)26(56(48,49)50)24(20)54(42,43)44/h1-12H,(H,29,31)(H,30,32)(H,33,34,35)(H,36,37,38)(H,39,40,41)(H,42,43,44)(H,45,46,47)(H,48,49,50). The lowest BCUT2D eigenvalue weighted by molar-refractivity contribution is 0.102. The Morgan fingerprint density at radius 1 is 0.357 bits per heavy atom. The van der Waals surface area contributed by atoms with Crippen LogP contribution >= 0.6 is 0 Å². The summed E-state index contributed by atoms with van der Waals surface area (Å²) in [5.41, 5.74) is -3.61. The number of carbonyl (C=O) groups is 2. The van der Waals surface area contributed by atoms with Crippen LogP contribution in [-0.4, -0.2) is 89.6 Å². The van der Waals surface area contributed by atoms with Crippen molar-refractivity contribution in [2.24, 2.45) is 0 Å². The van der Waals surface area contributed by atoms with Gasteiger partial charge < -0.3 is 10.6 Å². The van der Waals surface area contributed by atoms with Crippen molar-refractivity contribution in [1.29, 1.82) is 0 Å². The summed E-state index contributed by atoms with van der Waals surface area (Å²) >= 11 is 0. The SMILES string of the molecule is O=C(Nc1c(S(=O)(=O)O)c(S(=O)(=O)O)c(S(=O)(=O)O)c2ccccc12)c1cccc(C(=O)Nc2c(S(=O)(=O)O)c(S(=O)(=O)O)c(S(=O)(=O)O)c3ccccc23)c1. The third-order valence-corrected chi connectivity index (χ3v) is 13.7. The van der Waals surface area contributed by atoms with Crippen molar-refractivity contribution >= 4 is 105 Å². The van der Waals surface area contributed by atoms with E-state index in [-0.39, 0.29) is 0 Å². The monoisotopic (exact) mass is 896 g/mol. The van der Waals surface area contributed by atoms with E-state index in [9.17, 15) is 87.4 Å². The van der Waals surface area contributed by atoms with Gasteiger partial charge >= 0.3 is 0 Å². The quantitative estimate of drug-likeness (QED) is 0.0929. The lowest BCUT2D eigenvalue weighted by Gasteiger charge is -2.19. The zero-order valence-electron chi connectivity index (χ0n) is 26.8. The fourth-order valence-corrected chi connectivity index (χ4v) is 12.7. The first-order valence-electron chi connectivity index (χ1n) is 14.2. The first-order chi connectivity index (χ1) is 25.5. The van der Waals surface area contributed by atoms with E-state index in [0.29, 0.717) is 6.07 Å². The minimum absolute atomic E-state index is 0.643. The highest BCUT2D eigenvalue weighted by molar-refractivity contribution is 7.91. The maximum atomic E-state index is 13.6. The van der Waals surface area contributed by atoms with Crippen LogP contribution in [0.3, 0.4) is 0 Å². The zero-order chi connectivity index (χ0) is 42.1. The molecule has 5 rings (SSSR count). The number of rotatable bonds is 10. The first-order valence-corrected chi connectivity index (χ1v) is 22.8. The molecular formula is C28H20N2O20S6. The molecule has 0 aliphatic rings. The molecule has 0 aliphatic heterocycles. The highest BCUT2D eigenvalue weighted by Gasteiger charge is 2.40. The molecule has 0 aliphatic carbocycles. The van der Waals surface area contributed by atoms with E-state index in [1.165, 1.54) is 0 Å². The molecule has 0 saturated carbocycles. The lowest BCUT2D eigenvalue weighted by Crippen LogP contribution is -2.22. The fourth-order valence-electron chi connectivity index (χ4n) is 5.62. The summed E-state index contributed by atoms with van der Waals surface area (Å²) in [6.07, 6.45) is 0. The number of fused-ring (bicyclic) bond motifs is 2. The molecule has 0 radical (unpaired) electrons. The van der Waals surface area contributed by atoms with E-state index in [0.717, 1.165) is 66.7 Å². The maximum Gasteiger partial charge on any atom is 0.298 e. The van der Waals surface area contributed by atoms with E-state index in [4.69, 9.17) is 0 Å². The van der Waals surface area contributed by atoms with Gasteiger partial charge in [-0.25, -0.2) is 0 Å². The van der Waals surface area contributed by atoms with Crippen molar-refractivity contribution in [3.63, 3.8) is 0 Å². The number of anilines is 2. The topological polar surface area (TPSA) is 384 Å². The maximum absolute atomic E-state index is 13.6. The molecule has 8 N–H and O–H groups in total. The first kappa shape index (κ1) is 42.2. The van der Waals surface area contributed by atoms with Crippen LogP contribution in [0.1, 0.15) is 20.7 Å². The fraction of sp³-hybridized carbons (Fsp3) is 0. The molecular weight excluding hydrogens is 877 g/mol. The van der Waals surface area contributed by atoms with Gasteiger partial charge in [-0.3, -0.25) is 36.9 Å². The summed E-state index contributed by atoms with van der Waals surface area (Å²) in [5.74, 6) is -2.91. The summed E-state index contributed by atoms with van der Waals surface area (Å²) in [5, 5.41) is 1.00. The molecule has 0 fully saturated rings. The molecule has 22 nitrogen and oxygen atoms in total. The normalized spacial score (nSPS) is 13.1. The Morgan fingerprint density at radius 3 is 0.893 bits per heavy atom. The summed E-state index contributed by atoms with van der Waals surface area (Å²) in [6.45, 7) is 0.